The van der Waals surface area contributed by atoms with E-state index in [0.717, 1.165) is 15.2 Å². The summed E-state index contributed by atoms with van der Waals surface area (Å²) in [6.07, 6.45) is 0.712. The summed E-state index contributed by atoms with van der Waals surface area (Å²) in [6.45, 7) is 0.495. The molecule has 1 saturated heterocycles. The molecule has 0 spiro atoms. The van der Waals surface area contributed by atoms with Crippen LogP contribution >= 0.6 is 15.9 Å². The van der Waals surface area contributed by atoms with E-state index >= 15 is 0 Å². The summed E-state index contributed by atoms with van der Waals surface area (Å²) < 4.78 is 27.8. The molecule has 1 fully saturated rings. The number of halogens is 1. The molecule has 122 valence electrons. The lowest BCUT2D eigenvalue weighted by Gasteiger charge is -2.29. The van der Waals surface area contributed by atoms with Crippen molar-refractivity contribution in [2.75, 3.05) is 13.1 Å². The van der Waals surface area contributed by atoms with Crippen LogP contribution in [0.5, 0.6) is 0 Å². The van der Waals surface area contributed by atoms with Gasteiger partial charge in [-0.15, -0.1) is 0 Å². The maximum absolute atomic E-state index is 12.7. The van der Waals surface area contributed by atoms with Gasteiger partial charge in [0.1, 0.15) is 0 Å². The van der Waals surface area contributed by atoms with E-state index in [1.807, 2.05) is 18.2 Å². The maximum atomic E-state index is 12.7. The summed E-state index contributed by atoms with van der Waals surface area (Å²) in [4.78, 5) is 11.2. The molecule has 1 N–H and O–H groups in total. The molecule has 1 heterocycles. The van der Waals surface area contributed by atoms with Gasteiger partial charge >= 0.3 is 5.97 Å². The van der Waals surface area contributed by atoms with Gasteiger partial charge < -0.3 is 5.11 Å². The van der Waals surface area contributed by atoms with Crippen LogP contribution < -0.4 is 0 Å². The number of hydrogen-bond donors (Lipinski definition) is 1. The van der Waals surface area contributed by atoms with E-state index in [0.29, 0.717) is 12.8 Å². The molecule has 1 aliphatic heterocycles. The number of fused-ring (bicyclic) bond motifs is 1. The zero-order valence-electron chi connectivity index (χ0n) is 12.3. The molecular weight excluding hydrogens is 382 g/mol. The van der Waals surface area contributed by atoms with Crippen LogP contribution in [0.3, 0.4) is 0 Å². The van der Waals surface area contributed by atoms with Crippen molar-refractivity contribution >= 4 is 42.7 Å². The zero-order valence-corrected chi connectivity index (χ0v) is 14.7. The first-order chi connectivity index (χ1) is 10.9. The molecule has 0 aromatic heterocycles. The Bertz CT molecular complexity index is 858. The van der Waals surface area contributed by atoms with Crippen molar-refractivity contribution < 1.29 is 18.3 Å². The van der Waals surface area contributed by atoms with Crippen LogP contribution in [0, 0.1) is 5.92 Å². The standard InChI is InChI=1S/C16H16BrNO4S/c17-14-3-1-13-10-15(4-2-12(13)9-14)23(21,22)18-7-5-11(6-8-18)16(19)20/h1-4,9-11H,5-8H2,(H,19,20). The second-order valence-corrected chi connectivity index (χ2v) is 8.52. The van der Waals surface area contributed by atoms with E-state index in [1.165, 1.54) is 4.31 Å². The summed E-state index contributed by atoms with van der Waals surface area (Å²) in [5, 5.41) is 10.8. The highest BCUT2D eigenvalue weighted by Gasteiger charge is 2.31. The third-order valence-corrected chi connectivity index (χ3v) is 6.60. The Morgan fingerprint density at radius 3 is 2.35 bits per heavy atom. The number of nitrogens with zero attached hydrogens (tertiary/aromatic N) is 1. The fourth-order valence-corrected chi connectivity index (χ4v) is 4.73. The Morgan fingerprint density at radius 2 is 1.70 bits per heavy atom. The first-order valence-electron chi connectivity index (χ1n) is 7.30. The van der Waals surface area contributed by atoms with Crippen molar-refractivity contribution in [2.24, 2.45) is 5.92 Å². The predicted molar refractivity (Wildman–Crippen MR) is 90.8 cm³/mol. The van der Waals surface area contributed by atoms with Crippen molar-refractivity contribution in [2.45, 2.75) is 17.7 Å². The van der Waals surface area contributed by atoms with Crippen molar-refractivity contribution in [1.29, 1.82) is 0 Å². The number of piperidine rings is 1. The van der Waals surface area contributed by atoms with Crippen molar-refractivity contribution in [3.63, 3.8) is 0 Å². The minimum absolute atomic E-state index is 0.248. The van der Waals surface area contributed by atoms with Gasteiger partial charge in [-0.05, 0) is 47.9 Å². The van der Waals surface area contributed by atoms with E-state index in [2.05, 4.69) is 15.9 Å². The highest BCUT2D eigenvalue weighted by atomic mass is 79.9. The topological polar surface area (TPSA) is 74.7 Å². The number of carboxylic acid groups (broad SMARTS) is 1. The Morgan fingerprint density at radius 1 is 1.09 bits per heavy atom. The molecule has 0 unspecified atom stereocenters. The summed E-state index contributed by atoms with van der Waals surface area (Å²) in [6, 6.07) is 10.7. The van der Waals surface area contributed by atoms with Crippen LogP contribution in [0.25, 0.3) is 10.8 Å². The summed E-state index contributed by atoms with van der Waals surface area (Å²) in [5.74, 6) is -1.30. The van der Waals surface area contributed by atoms with Gasteiger partial charge in [-0.25, -0.2) is 8.42 Å². The van der Waals surface area contributed by atoms with Crippen LogP contribution in [-0.2, 0) is 14.8 Å². The highest BCUT2D eigenvalue weighted by Crippen LogP contribution is 2.27. The fraction of sp³-hybridized carbons (Fsp3) is 0.312. The van der Waals surface area contributed by atoms with Crippen LogP contribution in [-0.4, -0.2) is 36.9 Å². The zero-order chi connectivity index (χ0) is 16.6. The minimum Gasteiger partial charge on any atom is -0.481 e. The molecule has 0 atom stereocenters. The lowest BCUT2D eigenvalue weighted by atomic mass is 9.99. The molecule has 0 radical (unpaired) electrons. The maximum Gasteiger partial charge on any atom is 0.306 e. The monoisotopic (exact) mass is 397 g/mol. The van der Waals surface area contributed by atoms with Gasteiger partial charge in [0.25, 0.3) is 0 Å². The predicted octanol–water partition coefficient (Wildman–Crippen LogP) is 3.09. The second-order valence-electron chi connectivity index (χ2n) is 5.67. The summed E-state index contributed by atoms with van der Waals surface area (Å²) in [7, 11) is -3.58. The Labute approximate surface area is 143 Å². The number of carbonyl (C=O) groups is 1. The van der Waals surface area contributed by atoms with Gasteiger partial charge in [0, 0.05) is 17.6 Å². The molecule has 5 nitrogen and oxygen atoms in total. The number of rotatable bonds is 3. The van der Waals surface area contributed by atoms with Gasteiger partial charge in [-0.3, -0.25) is 4.79 Å². The molecule has 3 rings (SSSR count). The molecule has 0 saturated carbocycles. The quantitative estimate of drug-likeness (QED) is 0.863. The smallest absolute Gasteiger partial charge is 0.306 e. The number of carboxylic acids is 1. The van der Waals surface area contributed by atoms with E-state index in [9.17, 15) is 13.2 Å². The molecule has 0 aliphatic carbocycles. The van der Waals surface area contributed by atoms with Gasteiger partial charge in [-0.2, -0.15) is 4.31 Å². The number of hydrogen-bond acceptors (Lipinski definition) is 3. The van der Waals surface area contributed by atoms with Crippen molar-refractivity contribution in [3.05, 3.63) is 40.9 Å². The molecule has 2 aromatic rings. The van der Waals surface area contributed by atoms with Crippen molar-refractivity contribution in [3.8, 4) is 0 Å². The molecule has 2 aromatic carbocycles. The Balaban J connectivity index is 1.88. The van der Waals surface area contributed by atoms with Crippen molar-refractivity contribution in [1.82, 2.24) is 4.31 Å². The Kier molecular flexibility index (Phi) is 4.44. The normalized spacial score (nSPS) is 17.4. The average Bonchev–Trinajstić information content (AvgIpc) is 2.54. The molecular formula is C16H16BrNO4S. The number of aliphatic carboxylic acids is 1. The lowest BCUT2D eigenvalue weighted by molar-refractivity contribution is -0.142. The average molecular weight is 398 g/mol. The van der Waals surface area contributed by atoms with E-state index in [-0.39, 0.29) is 18.0 Å². The van der Waals surface area contributed by atoms with Crippen LogP contribution in [0.2, 0.25) is 0 Å². The van der Waals surface area contributed by atoms with E-state index in [1.54, 1.807) is 18.2 Å². The van der Waals surface area contributed by atoms with Crippen LogP contribution in [0.15, 0.2) is 45.8 Å². The second kappa shape index (κ2) is 6.22. The molecule has 1 aliphatic rings. The first kappa shape index (κ1) is 16.4. The van der Waals surface area contributed by atoms with Gasteiger partial charge in [0.15, 0.2) is 0 Å². The van der Waals surface area contributed by atoms with Gasteiger partial charge in [0.05, 0.1) is 10.8 Å². The fourth-order valence-electron chi connectivity index (χ4n) is 2.85. The van der Waals surface area contributed by atoms with E-state index in [4.69, 9.17) is 5.11 Å². The number of benzene rings is 2. The largest absolute Gasteiger partial charge is 0.481 e. The Hall–Kier alpha value is -1.44. The summed E-state index contributed by atoms with van der Waals surface area (Å²) >= 11 is 3.40. The molecule has 0 amide bonds. The molecule has 23 heavy (non-hydrogen) atoms. The SMILES string of the molecule is O=C(O)C1CCN(S(=O)(=O)c2ccc3cc(Br)ccc3c2)CC1. The van der Waals surface area contributed by atoms with Crippen LogP contribution in [0.4, 0.5) is 0 Å². The summed E-state index contributed by atoms with van der Waals surface area (Å²) in [5.41, 5.74) is 0. The lowest BCUT2D eigenvalue weighted by Crippen LogP contribution is -2.40. The third kappa shape index (κ3) is 3.27. The molecule has 0 bridgehead atoms. The minimum atomic E-state index is -3.58. The highest BCUT2D eigenvalue weighted by molar-refractivity contribution is 9.10. The van der Waals surface area contributed by atoms with Crippen LogP contribution in [0.1, 0.15) is 12.8 Å². The van der Waals surface area contributed by atoms with Gasteiger partial charge in [-0.1, -0.05) is 28.1 Å². The third-order valence-electron chi connectivity index (χ3n) is 4.21. The van der Waals surface area contributed by atoms with Gasteiger partial charge in [0.2, 0.25) is 10.0 Å². The van der Waals surface area contributed by atoms with E-state index < -0.39 is 21.9 Å². The first-order valence-corrected chi connectivity index (χ1v) is 9.53. The number of sulfonamides is 1. The molecule has 7 heteroatoms.